The molecule has 0 aliphatic carbocycles. The van der Waals surface area contributed by atoms with E-state index in [4.69, 9.17) is 0 Å². The monoisotopic (exact) mass is 451 g/mol. The van der Waals surface area contributed by atoms with Crippen LogP contribution in [0.5, 0.6) is 11.5 Å². The lowest BCUT2D eigenvalue weighted by Crippen LogP contribution is -2.01. The number of aromatic hydroxyl groups is 2. The summed E-state index contributed by atoms with van der Waals surface area (Å²) >= 11 is 0. The molecule has 0 saturated carbocycles. The van der Waals surface area contributed by atoms with E-state index in [-0.39, 0.29) is 33.9 Å². The Bertz CT molecular complexity index is 1280. The van der Waals surface area contributed by atoms with Gasteiger partial charge in [-0.2, -0.15) is 8.42 Å². The van der Waals surface area contributed by atoms with Gasteiger partial charge in [-0.05, 0) is 48.5 Å². The van der Waals surface area contributed by atoms with E-state index < -0.39 is 10.1 Å². The van der Waals surface area contributed by atoms with Gasteiger partial charge in [0.2, 0.25) is 0 Å². The molecule has 3 aromatic carbocycles. The minimum absolute atomic E-state index is 0.0281. The van der Waals surface area contributed by atoms with Gasteiger partial charge >= 0.3 is 0 Å². The molecule has 9 heteroatoms. The molecule has 0 bridgehead atoms. The van der Waals surface area contributed by atoms with Crippen LogP contribution in [0.3, 0.4) is 0 Å². The molecule has 8 nitrogen and oxygen atoms in total. The van der Waals surface area contributed by atoms with Crippen molar-refractivity contribution in [3.05, 3.63) is 72.8 Å². The molecule has 32 heavy (non-hydrogen) atoms. The molecule has 0 spiro atoms. The van der Waals surface area contributed by atoms with Crippen molar-refractivity contribution >= 4 is 10.1 Å². The van der Waals surface area contributed by atoms with Crippen molar-refractivity contribution in [3.8, 4) is 45.7 Å². The summed E-state index contributed by atoms with van der Waals surface area (Å²) in [6.45, 7) is 4.00. The lowest BCUT2D eigenvalue weighted by atomic mass is 10.1. The van der Waals surface area contributed by atoms with Gasteiger partial charge in [-0.3, -0.25) is 4.55 Å². The van der Waals surface area contributed by atoms with Crippen molar-refractivity contribution in [2.24, 2.45) is 0 Å². The van der Waals surface area contributed by atoms with Crippen LogP contribution in [0.2, 0.25) is 0 Å². The highest BCUT2D eigenvalue weighted by Crippen LogP contribution is 2.32. The quantitative estimate of drug-likeness (QED) is 0.385. The molecule has 0 aliphatic heterocycles. The average Bonchev–Trinajstić information content (AvgIpc) is 2.80. The molecule has 3 N–H and O–H groups in total. The summed E-state index contributed by atoms with van der Waals surface area (Å²) in [5.41, 5.74) is 1.19. The number of aromatic nitrogens is 3. The third-order valence-electron chi connectivity index (χ3n) is 4.34. The Hall–Kier alpha value is -3.82. The lowest BCUT2D eigenvalue weighted by Gasteiger charge is -2.10. The first kappa shape index (κ1) is 22.9. The normalized spacial score (nSPS) is 10.8. The van der Waals surface area contributed by atoms with Crippen LogP contribution in [0, 0.1) is 0 Å². The molecule has 0 fully saturated rings. The number of rotatable bonds is 4. The molecule has 1 heterocycles. The van der Waals surface area contributed by atoms with Gasteiger partial charge in [0.15, 0.2) is 17.5 Å². The summed E-state index contributed by atoms with van der Waals surface area (Å²) in [6, 6.07) is 18.4. The first-order valence-corrected chi connectivity index (χ1v) is 11.2. The maximum atomic E-state index is 11.3. The van der Waals surface area contributed by atoms with Crippen molar-refractivity contribution in [3.63, 3.8) is 0 Å². The van der Waals surface area contributed by atoms with Gasteiger partial charge in [0, 0.05) is 5.56 Å². The predicted molar refractivity (Wildman–Crippen MR) is 121 cm³/mol. The van der Waals surface area contributed by atoms with Crippen LogP contribution in [0.15, 0.2) is 77.7 Å². The summed E-state index contributed by atoms with van der Waals surface area (Å²) in [6.07, 6.45) is 0. The van der Waals surface area contributed by atoms with Gasteiger partial charge in [0.1, 0.15) is 11.5 Å². The molecule has 0 radical (unpaired) electrons. The van der Waals surface area contributed by atoms with Gasteiger partial charge in [0.25, 0.3) is 10.1 Å². The second kappa shape index (κ2) is 9.54. The zero-order chi connectivity index (χ0) is 23.3. The smallest absolute Gasteiger partial charge is 0.294 e. The van der Waals surface area contributed by atoms with E-state index in [1.807, 2.05) is 13.8 Å². The van der Waals surface area contributed by atoms with Gasteiger partial charge in [-0.1, -0.05) is 38.1 Å². The Morgan fingerprint density at radius 3 is 1.44 bits per heavy atom. The van der Waals surface area contributed by atoms with Crippen LogP contribution in [0.4, 0.5) is 0 Å². The largest absolute Gasteiger partial charge is 0.507 e. The van der Waals surface area contributed by atoms with Crippen molar-refractivity contribution in [1.82, 2.24) is 15.0 Å². The Morgan fingerprint density at radius 2 is 1.03 bits per heavy atom. The van der Waals surface area contributed by atoms with Crippen LogP contribution in [-0.2, 0) is 10.1 Å². The van der Waals surface area contributed by atoms with Crippen LogP contribution in [0.25, 0.3) is 34.2 Å². The number of benzene rings is 3. The highest BCUT2D eigenvalue weighted by molar-refractivity contribution is 7.85. The fourth-order valence-electron chi connectivity index (χ4n) is 2.85. The standard InChI is InChI=1S/C21H15N3O5S.C2H6/c25-17-7-3-1-5-15(17)20-22-19(13-9-11-14(12-10-13)30(27,28)29)23-21(24-20)16-6-2-4-8-18(16)26;1-2/h1-12,25-26H,(H,27,28,29);1-2H3. The Balaban J connectivity index is 0.00000141. The van der Waals surface area contributed by atoms with Gasteiger partial charge in [0.05, 0.1) is 16.0 Å². The zero-order valence-corrected chi connectivity index (χ0v) is 18.2. The highest BCUT2D eigenvalue weighted by atomic mass is 32.2. The van der Waals surface area contributed by atoms with E-state index >= 15 is 0 Å². The summed E-state index contributed by atoms with van der Waals surface area (Å²) in [5, 5.41) is 20.4. The number of phenolic OH excluding ortho intramolecular Hbond substituents is 2. The average molecular weight is 452 g/mol. The van der Waals surface area contributed by atoms with E-state index in [2.05, 4.69) is 15.0 Å². The van der Waals surface area contributed by atoms with Crippen LogP contribution in [-0.4, -0.2) is 38.1 Å². The molecule has 0 saturated heterocycles. The minimum atomic E-state index is -4.33. The molecular weight excluding hydrogens is 430 g/mol. The molecule has 4 aromatic rings. The number of para-hydroxylation sites is 2. The summed E-state index contributed by atoms with van der Waals surface area (Å²) < 4.78 is 31.8. The van der Waals surface area contributed by atoms with Gasteiger partial charge in [-0.15, -0.1) is 0 Å². The molecule has 0 amide bonds. The number of hydrogen-bond donors (Lipinski definition) is 3. The fraction of sp³-hybridized carbons (Fsp3) is 0.0870. The Kier molecular flexibility index (Phi) is 6.82. The first-order chi connectivity index (χ1) is 15.3. The second-order valence-electron chi connectivity index (χ2n) is 6.34. The van der Waals surface area contributed by atoms with Crippen molar-refractivity contribution < 1.29 is 23.2 Å². The third-order valence-corrected chi connectivity index (χ3v) is 5.20. The molecule has 0 atom stereocenters. The van der Waals surface area contributed by atoms with Crippen molar-refractivity contribution in [2.75, 3.05) is 0 Å². The number of nitrogens with zero attached hydrogens (tertiary/aromatic N) is 3. The van der Waals surface area contributed by atoms with E-state index in [0.29, 0.717) is 16.7 Å². The van der Waals surface area contributed by atoms with Crippen LogP contribution < -0.4 is 0 Å². The fourth-order valence-corrected chi connectivity index (χ4v) is 3.33. The molecule has 164 valence electrons. The van der Waals surface area contributed by atoms with Gasteiger partial charge in [-0.25, -0.2) is 15.0 Å². The maximum Gasteiger partial charge on any atom is 0.294 e. The first-order valence-electron chi connectivity index (χ1n) is 9.73. The molecule has 0 aliphatic rings. The highest BCUT2D eigenvalue weighted by Gasteiger charge is 2.17. The van der Waals surface area contributed by atoms with E-state index in [1.165, 1.54) is 36.4 Å². The third kappa shape index (κ3) is 4.90. The molecular formula is C23H21N3O5S. The summed E-state index contributed by atoms with van der Waals surface area (Å²) in [5.74, 6) is 0.494. The minimum Gasteiger partial charge on any atom is -0.507 e. The second-order valence-corrected chi connectivity index (χ2v) is 7.76. The van der Waals surface area contributed by atoms with Gasteiger partial charge < -0.3 is 10.2 Å². The zero-order valence-electron chi connectivity index (χ0n) is 17.3. The maximum absolute atomic E-state index is 11.3. The van der Waals surface area contributed by atoms with E-state index in [1.54, 1.807) is 36.4 Å². The SMILES string of the molecule is CC.O=S(=O)(O)c1ccc(-c2nc(-c3ccccc3O)nc(-c3ccccc3O)n2)cc1. The van der Waals surface area contributed by atoms with Crippen molar-refractivity contribution in [1.29, 1.82) is 0 Å². The summed E-state index contributed by atoms with van der Waals surface area (Å²) in [7, 11) is -4.33. The number of phenols is 2. The van der Waals surface area contributed by atoms with Crippen molar-refractivity contribution in [2.45, 2.75) is 18.7 Å². The predicted octanol–water partition coefficient (Wildman–Crippen LogP) is 4.56. The van der Waals surface area contributed by atoms with E-state index in [0.717, 1.165) is 0 Å². The van der Waals surface area contributed by atoms with Crippen LogP contribution >= 0.6 is 0 Å². The lowest BCUT2D eigenvalue weighted by molar-refractivity contribution is 0.476. The van der Waals surface area contributed by atoms with Crippen LogP contribution in [0.1, 0.15) is 13.8 Å². The Morgan fingerprint density at radius 1 is 0.625 bits per heavy atom. The Labute approximate surface area is 185 Å². The molecule has 1 aromatic heterocycles. The number of hydrogen-bond acceptors (Lipinski definition) is 7. The summed E-state index contributed by atoms with van der Waals surface area (Å²) in [4.78, 5) is 12.9. The topological polar surface area (TPSA) is 134 Å². The molecule has 0 unspecified atom stereocenters. The van der Waals surface area contributed by atoms with E-state index in [9.17, 15) is 23.2 Å². The molecule has 4 rings (SSSR count).